The van der Waals surface area contributed by atoms with E-state index >= 15 is 0 Å². The minimum absolute atomic E-state index is 0. The predicted molar refractivity (Wildman–Crippen MR) is 125 cm³/mol. The summed E-state index contributed by atoms with van der Waals surface area (Å²) in [7, 11) is 0. The molecule has 0 unspecified atom stereocenters. The molecule has 2 N–H and O–H groups in total. The molecule has 0 saturated heterocycles. The minimum Gasteiger partial charge on any atom is -0.459 e. The van der Waals surface area contributed by atoms with Gasteiger partial charge in [0.05, 0.1) is 5.69 Å². The lowest BCUT2D eigenvalue weighted by atomic mass is 10.0. The molecule has 0 saturated carbocycles. The van der Waals surface area contributed by atoms with Crippen LogP contribution in [0.5, 0.6) is 0 Å². The molecule has 7 nitrogen and oxygen atoms in total. The van der Waals surface area contributed by atoms with Crippen molar-refractivity contribution in [3.8, 4) is 11.3 Å². The van der Waals surface area contributed by atoms with E-state index in [1.165, 1.54) is 0 Å². The van der Waals surface area contributed by atoms with E-state index < -0.39 is 0 Å². The summed E-state index contributed by atoms with van der Waals surface area (Å²) in [6, 6.07) is 9.88. The molecule has 0 aliphatic carbocycles. The molecule has 0 bridgehead atoms. The summed E-state index contributed by atoms with van der Waals surface area (Å²) in [4.78, 5) is 17.5. The van der Waals surface area contributed by atoms with Gasteiger partial charge in [-0.1, -0.05) is 6.92 Å². The normalized spacial score (nSPS) is 11.7. The Hall–Kier alpha value is -3.13. The first-order valence-corrected chi connectivity index (χ1v) is 9.75. The van der Waals surface area contributed by atoms with E-state index in [9.17, 15) is 0 Å². The molecule has 4 aromatic heterocycles. The predicted octanol–water partition coefficient (Wildman–Crippen LogP) is 4.75. The number of furan rings is 1. The molecule has 156 valence electrons. The molecule has 0 aromatic carbocycles. The zero-order valence-corrected chi connectivity index (χ0v) is 18.3. The van der Waals surface area contributed by atoms with Gasteiger partial charge in [-0.15, -0.1) is 0 Å². The second kappa shape index (κ2) is 9.58. The molecule has 0 spiro atoms. The van der Waals surface area contributed by atoms with Crippen LogP contribution in [0.25, 0.3) is 22.4 Å². The Morgan fingerprint density at radius 2 is 1.87 bits per heavy atom. The van der Waals surface area contributed by atoms with Crippen LogP contribution < -0.4 is 10.6 Å². The molecule has 0 fully saturated rings. The number of rotatable bonds is 7. The number of hydrogen-bond acceptors (Lipinski definition) is 7. The fourth-order valence-electron chi connectivity index (χ4n) is 3.28. The number of aromatic nitrogens is 4. The van der Waals surface area contributed by atoms with Crippen LogP contribution in [0.15, 0.2) is 53.5 Å². The summed E-state index contributed by atoms with van der Waals surface area (Å²) in [5, 5.41) is 6.60. The van der Waals surface area contributed by atoms with Gasteiger partial charge < -0.3 is 15.1 Å². The van der Waals surface area contributed by atoms with E-state index in [4.69, 9.17) is 4.42 Å². The fraction of sp³-hybridized carbons (Fsp3) is 0.273. The fourth-order valence-corrected chi connectivity index (χ4v) is 3.28. The molecule has 0 amide bonds. The molecule has 30 heavy (non-hydrogen) atoms. The van der Waals surface area contributed by atoms with Crippen LogP contribution in [0.4, 0.5) is 11.6 Å². The Bertz CT molecular complexity index is 1110. The highest BCUT2D eigenvalue weighted by molar-refractivity contribution is 7.59. The van der Waals surface area contributed by atoms with Crippen LogP contribution in [-0.2, 0) is 0 Å². The highest BCUT2D eigenvalue weighted by atomic mass is 32.1. The van der Waals surface area contributed by atoms with Crippen LogP contribution in [0.3, 0.4) is 0 Å². The zero-order chi connectivity index (χ0) is 20.2. The van der Waals surface area contributed by atoms with Gasteiger partial charge in [-0.05, 0) is 32.0 Å². The van der Waals surface area contributed by atoms with E-state index in [2.05, 4.69) is 37.5 Å². The third kappa shape index (κ3) is 4.71. The Morgan fingerprint density at radius 3 is 2.63 bits per heavy atom. The van der Waals surface area contributed by atoms with Crippen LogP contribution in [0, 0.1) is 6.92 Å². The summed E-state index contributed by atoms with van der Waals surface area (Å²) in [5.41, 5.74) is 4.66. The van der Waals surface area contributed by atoms with E-state index in [0.29, 0.717) is 6.54 Å². The molecule has 0 aliphatic rings. The quantitative estimate of drug-likeness (QED) is 0.444. The number of aryl methyl sites for hydroxylation is 1. The maximum atomic E-state index is 5.85. The van der Waals surface area contributed by atoms with Gasteiger partial charge in [-0.25, -0.2) is 15.0 Å². The van der Waals surface area contributed by atoms with Crippen molar-refractivity contribution in [3.05, 3.63) is 60.4 Å². The van der Waals surface area contributed by atoms with E-state index in [1.807, 2.05) is 56.6 Å². The minimum atomic E-state index is 0. The van der Waals surface area contributed by atoms with Crippen molar-refractivity contribution in [1.82, 2.24) is 19.9 Å². The first-order chi connectivity index (χ1) is 14.1. The van der Waals surface area contributed by atoms with E-state index in [0.717, 1.165) is 51.9 Å². The third-order valence-electron chi connectivity index (χ3n) is 4.77. The Morgan fingerprint density at radius 1 is 1.00 bits per heavy atom. The van der Waals surface area contributed by atoms with E-state index in [1.54, 1.807) is 6.33 Å². The summed E-state index contributed by atoms with van der Waals surface area (Å²) < 4.78 is 5.85. The highest BCUT2D eigenvalue weighted by Gasteiger charge is 2.14. The Balaban J connectivity index is 0.00000256. The monoisotopic (exact) mass is 422 g/mol. The topological polar surface area (TPSA) is 88.8 Å². The molecule has 4 aromatic rings. The summed E-state index contributed by atoms with van der Waals surface area (Å²) in [5.74, 6) is 2.73. The van der Waals surface area contributed by atoms with Crippen LogP contribution >= 0.6 is 13.5 Å². The highest BCUT2D eigenvalue weighted by Crippen LogP contribution is 2.27. The lowest BCUT2D eigenvalue weighted by Gasteiger charge is -2.14. The van der Waals surface area contributed by atoms with Gasteiger partial charge in [0, 0.05) is 54.7 Å². The van der Waals surface area contributed by atoms with Crippen molar-refractivity contribution < 1.29 is 4.42 Å². The van der Waals surface area contributed by atoms with Crippen molar-refractivity contribution in [2.75, 3.05) is 23.7 Å². The standard InChI is InChI=1S/C22H24N6O.H2S/c1-4-23-20-6-5-16(12-26-20)18-10-21(28-13-27-18)25-11-14(2)17-7-8-24-19-9-15(3)29-22(17)19;/h5-10,12-14H,4,11H2,1-3H3,(H,23,26)(H,25,27,28);1H2/t14-;/m1./s1. The third-order valence-corrected chi connectivity index (χ3v) is 4.77. The van der Waals surface area contributed by atoms with Crippen LogP contribution in [0.2, 0.25) is 0 Å². The van der Waals surface area contributed by atoms with Crippen LogP contribution in [0.1, 0.15) is 31.1 Å². The number of nitrogens with zero attached hydrogens (tertiary/aromatic N) is 4. The first kappa shape index (κ1) is 21.6. The maximum Gasteiger partial charge on any atom is 0.156 e. The van der Waals surface area contributed by atoms with Gasteiger partial charge >= 0.3 is 0 Å². The largest absolute Gasteiger partial charge is 0.459 e. The van der Waals surface area contributed by atoms with E-state index in [-0.39, 0.29) is 19.4 Å². The lowest BCUT2D eigenvalue weighted by Crippen LogP contribution is -2.11. The SMILES string of the molecule is CCNc1ccc(-c2cc(NC[C@@H](C)c3ccnc4cc(C)oc34)ncn2)cn1.S. The smallest absolute Gasteiger partial charge is 0.156 e. The van der Waals surface area contributed by atoms with Crippen molar-refractivity contribution in [2.45, 2.75) is 26.7 Å². The molecular formula is C22H26N6OS. The number of pyridine rings is 2. The zero-order valence-electron chi connectivity index (χ0n) is 17.3. The Kier molecular flexibility index (Phi) is 6.89. The lowest BCUT2D eigenvalue weighted by molar-refractivity contribution is 0.570. The summed E-state index contributed by atoms with van der Waals surface area (Å²) in [6.07, 6.45) is 5.22. The number of anilines is 2. The summed E-state index contributed by atoms with van der Waals surface area (Å²) >= 11 is 0. The average Bonchev–Trinajstić information content (AvgIpc) is 3.13. The van der Waals surface area contributed by atoms with Crippen LogP contribution in [-0.4, -0.2) is 33.0 Å². The Labute approximate surface area is 182 Å². The molecule has 4 heterocycles. The second-order valence-electron chi connectivity index (χ2n) is 7.00. The van der Waals surface area contributed by atoms with Gasteiger partial charge in [0.15, 0.2) is 5.58 Å². The molecule has 0 radical (unpaired) electrons. The van der Waals surface area contributed by atoms with Gasteiger partial charge in [0.2, 0.25) is 0 Å². The number of nitrogens with one attached hydrogen (secondary N) is 2. The molecular weight excluding hydrogens is 396 g/mol. The summed E-state index contributed by atoms with van der Waals surface area (Å²) in [6.45, 7) is 7.70. The molecule has 8 heteroatoms. The average molecular weight is 423 g/mol. The van der Waals surface area contributed by atoms with Gasteiger partial charge in [-0.2, -0.15) is 13.5 Å². The van der Waals surface area contributed by atoms with Crippen molar-refractivity contribution in [1.29, 1.82) is 0 Å². The van der Waals surface area contributed by atoms with Gasteiger partial charge in [-0.3, -0.25) is 4.98 Å². The van der Waals surface area contributed by atoms with Gasteiger partial charge in [0.25, 0.3) is 0 Å². The van der Waals surface area contributed by atoms with Crippen molar-refractivity contribution in [3.63, 3.8) is 0 Å². The first-order valence-electron chi connectivity index (χ1n) is 9.75. The maximum absolute atomic E-state index is 5.85. The number of hydrogen-bond donors (Lipinski definition) is 2. The van der Waals surface area contributed by atoms with Crippen molar-refractivity contribution >= 4 is 36.2 Å². The molecule has 0 aliphatic heterocycles. The molecule has 1 atom stereocenters. The number of fused-ring (bicyclic) bond motifs is 1. The van der Waals surface area contributed by atoms with Crippen molar-refractivity contribution in [2.24, 2.45) is 0 Å². The molecule has 4 rings (SSSR count). The second-order valence-corrected chi connectivity index (χ2v) is 7.00. The van der Waals surface area contributed by atoms with Gasteiger partial charge in [0.1, 0.15) is 29.2 Å².